The maximum absolute atomic E-state index is 13.9. The molecule has 0 aromatic heterocycles. The van der Waals surface area contributed by atoms with Gasteiger partial charge in [0.1, 0.15) is 18.3 Å². The fraction of sp³-hybridized carbons (Fsp3) is 0.333. The zero-order chi connectivity index (χ0) is 28.7. The van der Waals surface area contributed by atoms with Crippen molar-refractivity contribution in [2.45, 2.75) is 52.1 Å². The Morgan fingerprint density at radius 2 is 1.54 bits per heavy atom. The van der Waals surface area contributed by atoms with E-state index in [1.807, 2.05) is 45.0 Å². The fourth-order valence-corrected chi connectivity index (χ4v) is 5.75. The largest absolute Gasteiger partial charge is 0.497 e. The molecule has 0 aliphatic heterocycles. The predicted octanol–water partition coefficient (Wildman–Crippen LogP) is 4.37. The zero-order valence-electron chi connectivity index (χ0n) is 23.4. The summed E-state index contributed by atoms with van der Waals surface area (Å²) in [5, 5.41) is 2.76. The molecule has 1 N–H and O–H groups in total. The molecule has 9 heteroatoms. The van der Waals surface area contributed by atoms with Crippen LogP contribution in [0.1, 0.15) is 36.1 Å². The first-order chi connectivity index (χ1) is 18.5. The normalized spacial score (nSPS) is 11.9. The van der Waals surface area contributed by atoms with Gasteiger partial charge in [0.25, 0.3) is 10.0 Å². The van der Waals surface area contributed by atoms with Crippen molar-refractivity contribution >= 4 is 27.5 Å². The van der Waals surface area contributed by atoms with Crippen molar-refractivity contribution in [1.29, 1.82) is 0 Å². The average Bonchev–Trinajstić information content (AvgIpc) is 2.91. The molecule has 8 nitrogen and oxygen atoms in total. The van der Waals surface area contributed by atoms with E-state index in [-0.39, 0.29) is 17.3 Å². The number of nitrogens with one attached hydrogen (secondary N) is 1. The number of likely N-dealkylation sites (N-methyl/N-ethyl adjacent to an activating group) is 1. The van der Waals surface area contributed by atoms with E-state index in [0.29, 0.717) is 18.0 Å². The van der Waals surface area contributed by atoms with Gasteiger partial charge in [-0.3, -0.25) is 13.9 Å². The van der Waals surface area contributed by atoms with Gasteiger partial charge in [0, 0.05) is 13.1 Å². The zero-order valence-corrected chi connectivity index (χ0v) is 24.2. The molecule has 1 unspecified atom stereocenters. The summed E-state index contributed by atoms with van der Waals surface area (Å²) in [7, 11) is -2.54. The Morgan fingerprint density at radius 3 is 2.10 bits per heavy atom. The summed E-state index contributed by atoms with van der Waals surface area (Å²) in [6.07, 6.45) is 0. The molecule has 2 amide bonds. The number of carbonyl (C=O) groups is 2. The molecule has 0 bridgehead atoms. The molecule has 3 aromatic carbocycles. The van der Waals surface area contributed by atoms with Crippen LogP contribution in [0.5, 0.6) is 5.75 Å². The SMILES string of the molecule is CCNC(=O)C(C)N(Cc1ccc(OC)cc1)C(=O)CN(c1ccc(C)cc1C)S(=O)(=O)c1ccc(C)cc1. The van der Waals surface area contributed by atoms with Gasteiger partial charge >= 0.3 is 0 Å². The van der Waals surface area contributed by atoms with Crippen LogP contribution in [0.4, 0.5) is 5.69 Å². The minimum atomic E-state index is -4.10. The van der Waals surface area contributed by atoms with Gasteiger partial charge in [0.05, 0.1) is 17.7 Å². The molecule has 1 atom stereocenters. The maximum Gasteiger partial charge on any atom is 0.264 e. The van der Waals surface area contributed by atoms with E-state index in [9.17, 15) is 18.0 Å². The lowest BCUT2D eigenvalue weighted by molar-refractivity contribution is -0.139. The first-order valence-corrected chi connectivity index (χ1v) is 14.3. The second-order valence-electron chi connectivity index (χ2n) is 9.55. The lowest BCUT2D eigenvalue weighted by Gasteiger charge is -2.32. The number of benzene rings is 3. The van der Waals surface area contributed by atoms with Gasteiger partial charge in [-0.2, -0.15) is 0 Å². The van der Waals surface area contributed by atoms with Gasteiger partial charge in [-0.1, -0.05) is 47.5 Å². The Labute approximate surface area is 231 Å². The first kappa shape index (κ1) is 29.7. The minimum absolute atomic E-state index is 0.0827. The molecule has 0 saturated carbocycles. The number of sulfonamides is 1. The molecule has 0 fully saturated rings. The highest BCUT2D eigenvalue weighted by Gasteiger charge is 2.33. The van der Waals surface area contributed by atoms with E-state index < -0.39 is 28.5 Å². The van der Waals surface area contributed by atoms with Crippen LogP contribution in [0, 0.1) is 20.8 Å². The Kier molecular flexibility index (Phi) is 9.75. The fourth-order valence-electron chi connectivity index (χ4n) is 4.27. The van der Waals surface area contributed by atoms with Crippen LogP contribution < -0.4 is 14.4 Å². The van der Waals surface area contributed by atoms with E-state index in [1.54, 1.807) is 51.3 Å². The number of carbonyl (C=O) groups excluding carboxylic acids is 2. The van der Waals surface area contributed by atoms with Crippen molar-refractivity contribution in [1.82, 2.24) is 10.2 Å². The third-order valence-corrected chi connectivity index (χ3v) is 8.31. The molecule has 208 valence electrons. The molecule has 0 saturated heterocycles. The number of hydrogen-bond acceptors (Lipinski definition) is 5. The highest BCUT2D eigenvalue weighted by Crippen LogP contribution is 2.28. The molecule has 0 spiro atoms. The van der Waals surface area contributed by atoms with Crippen molar-refractivity contribution in [3.8, 4) is 5.75 Å². The summed E-state index contributed by atoms with van der Waals surface area (Å²) < 4.78 is 34.2. The van der Waals surface area contributed by atoms with Crippen molar-refractivity contribution in [3.63, 3.8) is 0 Å². The molecule has 0 radical (unpaired) electrons. The quantitative estimate of drug-likeness (QED) is 0.382. The summed E-state index contributed by atoms with van der Waals surface area (Å²) in [5.74, 6) is -0.155. The van der Waals surface area contributed by atoms with E-state index >= 15 is 0 Å². The third kappa shape index (κ3) is 7.17. The van der Waals surface area contributed by atoms with E-state index in [2.05, 4.69) is 5.32 Å². The number of nitrogens with zero attached hydrogens (tertiary/aromatic N) is 2. The molecule has 0 aliphatic carbocycles. The lowest BCUT2D eigenvalue weighted by atomic mass is 10.1. The number of methoxy groups -OCH3 is 1. The minimum Gasteiger partial charge on any atom is -0.497 e. The standard InChI is InChI=1S/C30H37N3O5S/c1-7-31-30(35)24(5)32(19-25-11-13-26(38-6)14-12-25)29(34)20-33(28-17-10-22(3)18-23(28)4)39(36,37)27-15-8-21(2)9-16-27/h8-18,24H,7,19-20H2,1-6H3,(H,31,35). The van der Waals surface area contributed by atoms with Crippen LogP contribution in [0.2, 0.25) is 0 Å². The Bertz CT molecular complexity index is 1400. The van der Waals surface area contributed by atoms with Crippen LogP contribution in [0.3, 0.4) is 0 Å². The number of hydrogen-bond donors (Lipinski definition) is 1. The van der Waals surface area contributed by atoms with Gasteiger partial charge in [-0.05, 0) is 76.1 Å². The van der Waals surface area contributed by atoms with Gasteiger partial charge in [0.15, 0.2) is 0 Å². The van der Waals surface area contributed by atoms with Crippen molar-refractivity contribution in [3.05, 3.63) is 89.0 Å². The highest BCUT2D eigenvalue weighted by molar-refractivity contribution is 7.92. The van der Waals surface area contributed by atoms with Gasteiger partial charge < -0.3 is 15.0 Å². The second kappa shape index (κ2) is 12.8. The van der Waals surface area contributed by atoms with Crippen molar-refractivity contribution < 1.29 is 22.7 Å². The average molecular weight is 552 g/mol. The third-order valence-electron chi connectivity index (χ3n) is 6.54. The van der Waals surface area contributed by atoms with Gasteiger partial charge in [-0.25, -0.2) is 8.42 Å². The van der Waals surface area contributed by atoms with Crippen molar-refractivity contribution in [2.24, 2.45) is 0 Å². The van der Waals surface area contributed by atoms with Gasteiger partial charge in [-0.15, -0.1) is 0 Å². The summed E-state index contributed by atoms with van der Waals surface area (Å²) in [6.45, 7) is 9.11. The van der Waals surface area contributed by atoms with E-state index in [4.69, 9.17) is 4.74 Å². The Morgan fingerprint density at radius 1 is 0.923 bits per heavy atom. The molecule has 3 aromatic rings. The molecular formula is C30H37N3O5S. The first-order valence-electron chi connectivity index (χ1n) is 12.8. The van der Waals surface area contributed by atoms with Crippen molar-refractivity contribution in [2.75, 3.05) is 24.5 Å². The van der Waals surface area contributed by atoms with Crippen LogP contribution in [-0.4, -0.2) is 51.4 Å². The van der Waals surface area contributed by atoms with E-state index in [1.165, 1.54) is 17.0 Å². The number of ether oxygens (including phenoxy) is 1. The van der Waals surface area contributed by atoms with Gasteiger partial charge in [0.2, 0.25) is 11.8 Å². The molecular weight excluding hydrogens is 514 g/mol. The van der Waals surface area contributed by atoms with Crippen LogP contribution in [0.25, 0.3) is 0 Å². The maximum atomic E-state index is 13.9. The predicted molar refractivity (Wildman–Crippen MR) is 153 cm³/mol. The Balaban J connectivity index is 2.05. The van der Waals surface area contributed by atoms with Crippen LogP contribution >= 0.6 is 0 Å². The summed E-state index contributed by atoms with van der Waals surface area (Å²) >= 11 is 0. The molecule has 39 heavy (non-hydrogen) atoms. The molecule has 0 aliphatic rings. The molecule has 3 rings (SSSR count). The number of amides is 2. The number of anilines is 1. The summed E-state index contributed by atoms with van der Waals surface area (Å²) in [5.41, 5.74) is 3.80. The number of aryl methyl sites for hydroxylation is 3. The summed E-state index contributed by atoms with van der Waals surface area (Å²) in [6, 6.07) is 18.3. The smallest absolute Gasteiger partial charge is 0.264 e. The second-order valence-corrected chi connectivity index (χ2v) is 11.4. The lowest BCUT2D eigenvalue weighted by Crippen LogP contribution is -2.51. The van der Waals surface area contributed by atoms with Crippen LogP contribution in [0.15, 0.2) is 71.6 Å². The highest BCUT2D eigenvalue weighted by atomic mass is 32.2. The monoisotopic (exact) mass is 551 g/mol. The number of rotatable bonds is 11. The molecule has 0 heterocycles. The topological polar surface area (TPSA) is 96.0 Å². The van der Waals surface area contributed by atoms with Crippen LogP contribution in [-0.2, 0) is 26.2 Å². The van der Waals surface area contributed by atoms with E-state index in [0.717, 1.165) is 26.6 Å². The summed E-state index contributed by atoms with van der Waals surface area (Å²) in [4.78, 5) is 28.2. The Hall–Kier alpha value is -3.85.